The van der Waals surface area contributed by atoms with Crippen molar-refractivity contribution in [3.63, 3.8) is 0 Å². The van der Waals surface area contributed by atoms with Gasteiger partial charge in [0.15, 0.2) is 5.78 Å². The first-order valence-corrected chi connectivity index (χ1v) is 5.60. The van der Waals surface area contributed by atoms with Gasteiger partial charge >= 0.3 is 6.36 Å². The lowest BCUT2D eigenvalue weighted by Gasteiger charge is -2.13. The molecule has 0 amide bonds. The van der Waals surface area contributed by atoms with Gasteiger partial charge in [-0.2, -0.15) is 0 Å². The van der Waals surface area contributed by atoms with Crippen LogP contribution in [0.1, 0.15) is 10.4 Å². The minimum Gasteiger partial charge on any atom is -0.406 e. The quantitative estimate of drug-likeness (QED) is 0.854. The molecule has 104 valence electrons. The molecule has 1 aromatic carbocycles. The zero-order chi connectivity index (χ0) is 14.0. The van der Waals surface area contributed by atoms with Gasteiger partial charge in [0.2, 0.25) is 0 Å². The number of rotatable bonds is 3. The number of carbonyl (C=O) groups excluding carboxylic acids is 1. The molecular formula is C12H12F3NO3. The van der Waals surface area contributed by atoms with Gasteiger partial charge < -0.3 is 15.2 Å². The SMILES string of the molecule is NC1COCC1C(=O)c1cccc(OC(F)(F)F)c1. The Morgan fingerprint density at radius 2 is 2.11 bits per heavy atom. The number of alkyl halides is 3. The Morgan fingerprint density at radius 1 is 1.37 bits per heavy atom. The van der Waals surface area contributed by atoms with Crippen LogP contribution < -0.4 is 10.5 Å². The van der Waals surface area contributed by atoms with Crippen molar-refractivity contribution >= 4 is 5.78 Å². The molecule has 2 atom stereocenters. The Labute approximate surface area is 107 Å². The first kappa shape index (κ1) is 13.8. The smallest absolute Gasteiger partial charge is 0.406 e. The van der Waals surface area contributed by atoms with Crippen LogP contribution in [-0.4, -0.2) is 31.4 Å². The Morgan fingerprint density at radius 3 is 2.68 bits per heavy atom. The number of benzene rings is 1. The van der Waals surface area contributed by atoms with Gasteiger partial charge in [-0.05, 0) is 12.1 Å². The molecule has 2 unspecified atom stereocenters. The fourth-order valence-electron chi connectivity index (χ4n) is 1.90. The van der Waals surface area contributed by atoms with Crippen LogP contribution in [0, 0.1) is 5.92 Å². The molecular weight excluding hydrogens is 263 g/mol. The Balaban J connectivity index is 2.16. The van der Waals surface area contributed by atoms with Crippen molar-refractivity contribution in [1.29, 1.82) is 0 Å². The maximum absolute atomic E-state index is 12.1. The van der Waals surface area contributed by atoms with Crippen molar-refractivity contribution in [1.82, 2.24) is 0 Å². The van der Waals surface area contributed by atoms with Gasteiger partial charge in [-0.25, -0.2) is 0 Å². The molecule has 0 aliphatic carbocycles. The third kappa shape index (κ3) is 3.45. The van der Waals surface area contributed by atoms with Gasteiger partial charge in [-0.3, -0.25) is 4.79 Å². The fourth-order valence-corrected chi connectivity index (χ4v) is 1.90. The number of hydrogen-bond donors (Lipinski definition) is 1. The van der Waals surface area contributed by atoms with Crippen molar-refractivity contribution in [2.24, 2.45) is 11.7 Å². The molecule has 0 bridgehead atoms. The highest BCUT2D eigenvalue weighted by molar-refractivity contribution is 5.98. The second-order valence-electron chi connectivity index (χ2n) is 4.25. The summed E-state index contributed by atoms with van der Waals surface area (Å²) < 4.78 is 45.1. The highest BCUT2D eigenvalue weighted by Gasteiger charge is 2.33. The molecule has 2 rings (SSSR count). The van der Waals surface area contributed by atoms with Crippen molar-refractivity contribution in [3.05, 3.63) is 29.8 Å². The predicted octanol–water partition coefficient (Wildman–Crippen LogP) is 1.74. The van der Waals surface area contributed by atoms with Gasteiger partial charge in [0.25, 0.3) is 0 Å². The van der Waals surface area contributed by atoms with Gasteiger partial charge in [0, 0.05) is 11.6 Å². The maximum Gasteiger partial charge on any atom is 0.573 e. The molecule has 0 saturated carbocycles. The van der Waals surface area contributed by atoms with E-state index in [1.54, 1.807) is 0 Å². The zero-order valence-corrected chi connectivity index (χ0v) is 9.81. The second-order valence-corrected chi connectivity index (χ2v) is 4.25. The topological polar surface area (TPSA) is 61.5 Å². The van der Waals surface area contributed by atoms with Crippen molar-refractivity contribution in [2.45, 2.75) is 12.4 Å². The number of hydrogen-bond acceptors (Lipinski definition) is 4. The highest BCUT2D eigenvalue weighted by atomic mass is 19.4. The van der Waals surface area contributed by atoms with Crippen LogP contribution in [0.3, 0.4) is 0 Å². The van der Waals surface area contributed by atoms with Crippen LogP contribution in [0.2, 0.25) is 0 Å². The van der Waals surface area contributed by atoms with Crippen LogP contribution >= 0.6 is 0 Å². The van der Waals surface area contributed by atoms with Gasteiger partial charge in [0.1, 0.15) is 5.75 Å². The normalized spacial score (nSPS) is 23.4. The summed E-state index contributed by atoms with van der Waals surface area (Å²) in [6.45, 7) is 0.458. The molecule has 1 aromatic rings. The maximum atomic E-state index is 12.1. The molecule has 1 fully saturated rings. The molecule has 1 saturated heterocycles. The molecule has 1 aliphatic rings. The molecule has 0 spiro atoms. The molecule has 19 heavy (non-hydrogen) atoms. The third-order valence-electron chi connectivity index (χ3n) is 2.81. The van der Waals surface area contributed by atoms with Crippen LogP contribution in [0.15, 0.2) is 24.3 Å². The number of nitrogens with two attached hydrogens (primary N) is 1. The minimum absolute atomic E-state index is 0.132. The number of carbonyl (C=O) groups is 1. The van der Waals surface area contributed by atoms with Crippen molar-refractivity contribution in [3.8, 4) is 5.75 Å². The van der Waals surface area contributed by atoms with E-state index in [2.05, 4.69) is 4.74 Å². The summed E-state index contributed by atoms with van der Waals surface area (Å²) in [6.07, 6.45) is -4.78. The molecule has 2 N–H and O–H groups in total. The zero-order valence-electron chi connectivity index (χ0n) is 9.81. The largest absolute Gasteiger partial charge is 0.573 e. The summed E-state index contributed by atoms with van der Waals surface area (Å²) in [5.41, 5.74) is 5.83. The summed E-state index contributed by atoms with van der Waals surface area (Å²) in [7, 11) is 0. The molecule has 0 radical (unpaired) electrons. The summed E-state index contributed by atoms with van der Waals surface area (Å²) in [5.74, 6) is -1.29. The van der Waals surface area contributed by atoms with Gasteiger partial charge in [0.05, 0.1) is 19.1 Å². The standard InChI is InChI=1S/C12H12F3NO3/c13-12(14,15)19-8-3-1-2-7(4-8)11(17)9-5-18-6-10(9)16/h1-4,9-10H,5-6,16H2. The second kappa shape index (κ2) is 5.18. The van der Waals surface area contributed by atoms with E-state index in [4.69, 9.17) is 10.5 Å². The molecule has 1 aliphatic heterocycles. The lowest BCUT2D eigenvalue weighted by Crippen LogP contribution is -2.34. The molecule has 1 heterocycles. The van der Waals surface area contributed by atoms with Crippen molar-refractivity contribution in [2.75, 3.05) is 13.2 Å². The highest BCUT2D eigenvalue weighted by Crippen LogP contribution is 2.25. The van der Waals surface area contributed by atoms with E-state index in [9.17, 15) is 18.0 Å². The summed E-state index contributed by atoms with van der Waals surface area (Å²) in [4.78, 5) is 12.1. The average Bonchev–Trinajstić information content (AvgIpc) is 2.72. The predicted molar refractivity (Wildman–Crippen MR) is 59.7 cm³/mol. The third-order valence-corrected chi connectivity index (χ3v) is 2.81. The lowest BCUT2D eigenvalue weighted by atomic mass is 9.94. The lowest BCUT2D eigenvalue weighted by molar-refractivity contribution is -0.274. The van der Waals surface area contributed by atoms with Crippen LogP contribution in [0.5, 0.6) is 5.75 Å². The molecule has 7 heteroatoms. The van der Waals surface area contributed by atoms with Crippen LogP contribution in [0.25, 0.3) is 0 Å². The van der Waals surface area contributed by atoms with Gasteiger partial charge in [-0.1, -0.05) is 12.1 Å². The average molecular weight is 275 g/mol. The number of Topliss-reactive ketones (excluding diaryl/α,β-unsaturated/α-hetero) is 1. The molecule has 0 aromatic heterocycles. The summed E-state index contributed by atoms with van der Waals surface area (Å²) in [6, 6.07) is 4.52. The Hall–Kier alpha value is -1.60. The van der Waals surface area contributed by atoms with Crippen molar-refractivity contribution < 1.29 is 27.4 Å². The van der Waals surface area contributed by atoms with Crippen LogP contribution in [-0.2, 0) is 4.74 Å². The minimum atomic E-state index is -4.78. The van der Waals surface area contributed by atoms with E-state index in [-0.39, 0.29) is 24.6 Å². The Bertz CT molecular complexity index is 476. The van der Waals surface area contributed by atoms with Crippen LogP contribution in [0.4, 0.5) is 13.2 Å². The van der Waals surface area contributed by atoms with E-state index in [1.807, 2.05) is 0 Å². The van der Waals surface area contributed by atoms with E-state index in [0.29, 0.717) is 0 Å². The fraction of sp³-hybridized carbons (Fsp3) is 0.417. The van der Waals surface area contributed by atoms with Gasteiger partial charge in [-0.15, -0.1) is 13.2 Å². The number of ether oxygens (including phenoxy) is 2. The van der Waals surface area contributed by atoms with E-state index in [0.717, 1.165) is 12.1 Å². The van der Waals surface area contributed by atoms with E-state index >= 15 is 0 Å². The summed E-state index contributed by atoms with van der Waals surface area (Å²) >= 11 is 0. The first-order chi connectivity index (χ1) is 8.87. The number of halogens is 3. The Kier molecular flexibility index (Phi) is 3.77. The van der Waals surface area contributed by atoms with E-state index in [1.165, 1.54) is 12.1 Å². The molecule has 4 nitrogen and oxygen atoms in total. The van der Waals surface area contributed by atoms with E-state index < -0.39 is 24.1 Å². The number of ketones is 1. The summed E-state index contributed by atoms with van der Waals surface area (Å²) in [5, 5.41) is 0. The first-order valence-electron chi connectivity index (χ1n) is 5.60. The monoisotopic (exact) mass is 275 g/mol.